The van der Waals surface area contributed by atoms with Crippen molar-refractivity contribution < 1.29 is 4.74 Å². The Kier molecular flexibility index (Phi) is 5.65. The summed E-state index contributed by atoms with van der Waals surface area (Å²) in [5, 5.41) is 0.479. The second kappa shape index (κ2) is 8.39. The van der Waals surface area contributed by atoms with Crippen LogP contribution in [0.25, 0.3) is 21.3 Å². The number of nitrogens with one attached hydrogen (secondary N) is 2. The molecule has 0 bridgehead atoms. The lowest BCUT2D eigenvalue weighted by molar-refractivity contribution is 0.267. The molecule has 0 saturated heterocycles. The fraction of sp³-hybridized carbons (Fsp3) is 0.261. The number of nitrogens with zero attached hydrogens (tertiary/aromatic N) is 1. The largest absolute Gasteiger partial charge is 0.488 e. The third-order valence-corrected chi connectivity index (χ3v) is 5.93. The Hall–Kier alpha value is -3.39. The highest BCUT2D eigenvalue weighted by atomic mass is 32.1. The minimum Gasteiger partial charge on any atom is -0.488 e. The molecule has 2 N–H and O–H groups in total. The molecule has 31 heavy (non-hydrogen) atoms. The van der Waals surface area contributed by atoms with Gasteiger partial charge in [0.15, 0.2) is 5.75 Å². The van der Waals surface area contributed by atoms with Crippen molar-refractivity contribution in [1.82, 2.24) is 14.5 Å². The van der Waals surface area contributed by atoms with Crippen molar-refractivity contribution in [3.8, 4) is 16.9 Å². The number of aromatic nitrogens is 3. The van der Waals surface area contributed by atoms with Crippen LogP contribution in [-0.4, -0.2) is 21.1 Å². The standard InChI is InChI=1S/C23H23N3O4S/c1-13(2)12-30-18-10-24-16(9-17(18)27)11-26-22(28)20-19(15-7-5-4-6-8-15)14(3)31-21(20)25-23(26)29/h4-10,13H,11-12H2,1-3H3,(H,24,27)(H,25,29). The average molecular weight is 438 g/mol. The molecule has 160 valence electrons. The van der Waals surface area contributed by atoms with Crippen LogP contribution in [0.5, 0.6) is 5.75 Å². The number of hydrogen-bond donors (Lipinski definition) is 2. The topological polar surface area (TPSA) is 96.9 Å². The van der Waals surface area contributed by atoms with E-state index in [-0.39, 0.29) is 29.2 Å². The molecule has 0 amide bonds. The van der Waals surface area contributed by atoms with Gasteiger partial charge in [0.1, 0.15) is 4.83 Å². The molecule has 0 aliphatic carbocycles. The molecule has 0 saturated carbocycles. The molecule has 0 unspecified atom stereocenters. The first-order valence-corrected chi connectivity index (χ1v) is 10.8. The number of ether oxygens (including phenoxy) is 1. The molecule has 0 fully saturated rings. The van der Waals surface area contributed by atoms with Crippen molar-refractivity contribution in [3.05, 3.63) is 84.2 Å². The van der Waals surface area contributed by atoms with Gasteiger partial charge in [0.25, 0.3) is 5.56 Å². The first-order valence-electron chi connectivity index (χ1n) is 10.0. The van der Waals surface area contributed by atoms with E-state index in [1.165, 1.54) is 23.6 Å². The van der Waals surface area contributed by atoms with Gasteiger partial charge in [-0.25, -0.2) is 4.79 Å². The molecule has 1 aromatic carbocycles. The Morgan fingerprint density at radius 3 is 2.55 bits per heavy atom. The summed E-state index contributed by atoms with van der Waals surface area (Å²) in [7, 11) is 0. The summed E-state index contributed by atoms with van der Waals surface area (Å²) in [6.07, 6.45) is 1.47. The van der Waals surface area contributed by atoms with Gasteiger partial charge in [0.2, 0.25) is 5.43 Å². The van der Waals surface area contributed by atoms with Gasteiger partial charge in [-0.2, -0.15) is 0 Å². The SMILES string of the molecule is Cc1sc2[nH]c(=O)n(Cc3cc(=O)c(OCC(C)C)c[nH]3)c(=O)c2c1-c1ccccc1. The normalized spacial score (nSPS) is 11.4. The molecule has 7 nitrogen and oxygen atoms in total. The van der Waals surface area contributed by atoms with Crippen LogP contribution in [0.3, 0.4) is 0 Å². The van der Waals surface area contributed by atoms with E-state index in [1.54, 1.807) is 0 Å². The maximum Gasteiger partial charge on any atom is 0.329 e. The number of fused-ring (bicyclic) bond motifs is 1. The zero-order valence-corrected chi connectivity index (χ0v) is 18.3. The van der Waals surface area contributed by atoms with Gasteiger partial charge in [-0.05, 0) is 18.4 Å². The summed E-state index contributed by atoms with van der Waals surface area (Å²) in [4.78, 5) is 45.6. The fourth-order valence-corrected chi connectivity index (χ4v) is 4.51. The Morgan fingerprint density at radius 2 is 1.87 bits per heavy atom. The highest BCUT2D eigenvalue weighted by Crippen LogP contribution is 2.34. The van der Waals surface area contributed by atoms with Gasteiger partial charge in [0.05, 0.1) is 18.5 Å². The minimum atomic E-state index is -0.514. The zero-order valence-electron chi connectivity index (χ0n) is 17.5. The summed E-state index contributed by atoms with van der Waals surface area (Å²) in [6.45, 7) is 6.30. The Balaban J connectivity index is 1.77. The highest BCUT2D eigenvalue weighted by molar-refractivity contribution is 7.19. The molecule has 0 spiro atoms. The molecule has 0 radical (unpaired) electrons. The number of rotatable bonds is 6. The van der Waals surface area contributed by atoms with Crippen molar-refractivity contribution in [2.24, 2.45) is 5.92 Å². The van der Waals surface area contributed by atoms with E-state index in [9.17, 15) is 14.4 Å². The first kappa shape index (κ1) is 20.9. The second-order valence-corrected chi connectivity index (χ2v) is 9.04. The van der Waals surface area contributed by atoms with Gasteiger partial charge < -0.3 is 9.72 Å². The summed E-state index contributed by atoms with van der Waals surface area (Å²) in [5.41, 5.74) is 0.990. The molecule has 3 aromatic heterocycles. The predicted octanol–water partition coefficient (Wildman–Crippen LogP) is 3.50. The molecule has 4 aromatic rings. The highest BCUT2D eigenvalue weighted by Gasteiger charge is 2.18. The maximum absolute atomic E-state index is 13.3. The average Bonchev–Trinajstić information content (AvgIpc) is 3.06. The zero-order chi connectivity index (χ0) is 22.1. The monoisotopic (exact) mass is 437 g/mol. The summed E-state index contributed by atoms with van der Waals surface area (Å²) < 4.78 is 6.61. The van der Waals surface area contributed by atoms with E-state index in [4.69, 9.17) is 4.74 Å². The maximum atomic E-state index is 13.3. The van der Waals surface area contributed by atoms with Crippen LogP contribution in [0.4, 0.5) is 0 Å². The minimum absolute atomic E-state index is 0.0487. The van der Waals surface area contributed by atoms with E-state index in [2.05, 4.69) is 9.97 Å². The van der Waals surface area contributed by atoms with Crippen LogP contribution in [-0.2, 0) is 6.54 Å². The molecule has 0 aliphatic rings. The Bertz CT molecular complexity index is 1410. The van der Waals surface area contributed by atoms with E-state index in [1.807, 2.05) is 51.1 Å². The second-order valence-electron chi connectivity index (χ2n) is 7.82. The smallest absolute Gasteiger partial charge is 0.329 e. The third kappa shape index (κ3) is 4.11. The number of aromatic amines is 2. The number of benzene rings is 1. The van der Waals surface area contributed by atoms with E-state index in [0.29, 0.717) is 22.5 Å². The number of pyridine rings is 1. The number of hydrogen-bond acceptors (Lipinski definition) is 5. The third-order valence-electron chi connectivity index (χ3n) is 4.91. The quantitative estimate of drug-likeness (QED) is 0.482. The lowest BCUT2D eigenvalue weighted by atomic mass is 10.0. The molecule has 8 heteroatoms. The molecule has 4 rings (SSSR count). The molecule has 3 heterocycles. The first-order chi connectivity index (χ1) is 14.8. The van der Waals surface area contributed by atoms with E-state index in [0.717, 1.165) is 20.6 Å². The number of H-pyrrole nitrogens is 2. The molecule has 0 aliphatic heterocycles. The van der Waals surface area contributed by atoms with Crippen LogP contribution >= 0.6 is 11.3 Å². The van der Waals surface area contributed by atoms with Gasteiger partial charge >= 0.3 is 5.69 Å². The lowest BCUT2D eigenvalue weighted by Crippen LogP contribution is -2.35. The Labute approximate surface area is 182 Å². The molecular weight excluding hydrogens is 414 g/mol. The lowest BCUT2D eigenvalue weighted by Gasteiger charge is -2.09. The van der Waals surface area contributed by atoms with Crippen LogP contribution in [0.1, 0.15) is 24.4 Å². The van der Waals surface area contributed by atoms with Crippen LogP contribution in [0.15, 0.2) is 57.0 Å². The van der Waals surface area contributed by atoms with Crippen LogP contribution < -0.4 is 21.4 Å². The molecule has 0 atom stereocenters. The van der Waals surface area contributed by atoms with Crippen molar-refractivity contribution in [2.75, 3.05) is 6.61 Å². The van der Waals surface area contributed by atoms with Crippen molar-refractivity contribution in [3.63, 3.8) is 0 Å². The van der Waals surface area contributed by atoms with Crippen LogP contribution in [0, 0.1) is 12.8 Å². The summed E-state index contributed by atoms with van der Waals surface area (Å²) >= 11 is 1.39. The van der Waals surface area contributed by atoms with Gasteiger partial charge in [-0.15, -0.1) is 11.3 Å². The van der Waals surface area contributed by atoms with E-state index >= 15 is 0 Å². The fourth-order valence-electron chi connectivity index (χ4n) is 3.46. The van der Waals surface area contributed by atoms with Gasteiger partial charge in [0, 0.05) is 28.4 Å². The van der Waals surface area contributed by atoms with Gasteiger partial charge in [-0.3, -0.25) is 19.1 Å². The van der Waals surface area contributed by atoms with Crippen molar-refractivity contribution in [2.45, 2.75) is 27.3 Å². The van der Waals surface area contributed by atoms with E-state index < -0.39 is 5.69 Å². The number of aryl methyl sites for hydroxylation is 1. The van der Waals surface area contributed by atoms with Crippen molar-refractivity contribution in [1.29, 1.82) is 0 Å². The molecular formula is C23H23N3O4S. The summed E-state index contributed by atoms with van der Waals surface area (Å²) in [5.74, 6) is 0.504. The predicted molar refractivity (Wildman–Crippen MR) is 123 cm³/mol. The van der Waals surface area contributed by atoms with Crippen molar-refractivity contribution >= 4 is 21.6 Å². The number of thiophene rings is 1. The Morgan fingerprint density at radius 1 is 1.13 bits per heavy atom. The van der Waals surface area contributed by atoms with Crippen LogP contribution in [0.2, 0.25) is 0 Å². The van der Waals surface area contributed by atoms with Gasteiger partial charge in [-0.1, -0.05) is 44.2 Å². The summed E-state index contributed by atoms with van der Waals surface area (Å²) in [6, 6.07) is 11.0.